The topological polar surface area (TPSA) is 106 Å². The molecule has 0 radical (unpaired) electrons. The molecule has 4 rings (SSSR count). The van der Waals surface area contributed by atoms with Gasteiger partial charge in [-0.2, -0.15) is 0 Å². The highest BCUT2D eigenvalue weighted by Crippen LogP contribution is 2.22. The minimum Gasteiger partial charge on any atom is -0.370 e. The van der Waals surface area contributed by atoms with Crippen LogP contribution in [0.25, 0.3) is 22.2 Å². The van der Waals surface area contributed by atoms with Crippen LogP contribution in [0.1, 0.15) is 41.5 Å². The third kappa shape index (κ3) is 4.54. The van der Waals surface area contributed by atoms with E-state index in [1.165, 1.54) is 6.33 Å². The van der Waals surface area contributed by atoms with Crippen molar-refractivity contribution in [2.24, 2.45) is 0 Å². The molecule has 3 aromatic heterocycles. The molecule has 0 aliphatic heterocycles. The molecule has 0 fully saturated rings. The van der Waals surface area contributed by atoms with E-state index in [2.05, 4.69) is 49.4 Å². The molecule has 0 spiro atoms. The van der Waals surface area contributed by atoms with Crippen LogP contribution in [0, 0.1) is 0 Å². The van der Waals surface area contributed by atoms with Gasteiger partial charge in [0.25, 0.3) is 5.91 Å². The summed E-state index contributed by atoms with van der Waals surface area (Å²) in [6.45, 7) is 4.78. The number of anilines is 1. The van der Waals surface area contributed by atoms with Gasteiger partial charge in [-0.1, -0.05) is 32.0 Å². The van der Waals surface area contributed by atoms with E-state index < -0.39 is 0 Å². The molecule has 162 valence electrons. The SMILES string of the molecule is CNC(=O)c1ccnc2c(CCNc3cc(-c4cnc(C(C)C)nc4)ncn3)cccc12. The zero-order valence-electron chi connectivity index (χ0n) is 18.3. The van der Waals surface area contributed by atoms with Crippen molar-refractivity contribution >= 4 is 22.6 Å². The van der Waals surface area contributed by atoms with E-state index in [-0.39, 0.29) is 11.8 Å². The Bertz CT molecular complexity index is 1240. The van der Waals surface area contributed by atoms with Crippen molar-refractivity contribution in [1.29, 1.82) is 0 Å². The molecular formula is C24H25N7O. The number of para-hydroxylation sites is 1. The number of rotatable bonds is 7. The first-order valence-electron chi connectivity index (χ1n) is 10.5. The lowest BCUT2D eigenvalue weighted by atomic mass is 10.0. The van der Waals surface area contributed by atoms with Crippen molar-refractivity contribution in [3.05, 3.63) is 72.2 Å². The number of amides is 1. The fraction of sp³-hybridized carbons (Fsp3) is 0.250. The minimum absolute atomic E-state index is 0.119. The van der Waals surface area contributed by atoms with Gasteiger partial charge in [0.2, 0.25) is 0 Å². The first-order valence-corrected chi connectivity index (χ1v) is 10.5. The second-order valence-corrected chi connectivity index (χ2v) is 7.70. The molecule has 4 aromatic rings. The molecule has 0 unspecified atom stereocenters. The molecule has 1 aromatic carbocycles. The molecule has 8 heteroatoms. The highest BCUT2D eigenvalue weighted by molar-refractivity contribution is 6.06. The normalized spacial score (nSPS) is 11.0. The van der Waals surface area contributed by atoms with Crippen LogP contribution < -0.4 is 10.6 Å². The third-order valence-electron chi connectivity index (χ3n) is 5.18. The van der Waals surface area contributed by atoms with E-state index >= 15 is 0 Å². The number of nitrogens with zero attached hydrogens (tertiary/aromatic N) is 5. The summed E-state index contributed by atoms with van der Waals surface area (Å²) in [5, 5.41) is 6.88. The maximum Gasteiger partial charge on any atom is 0.251 e. The molecule has 32 heavy (non-hydrogen) atoms. The predicted octanol–water partition coefficient (Wildman–Crippen LogP) is 3.62. The molecule has 8 nitrogen and oxygen atoms in total. The van der Waals surface area contributed by atoms with E-state index in [0.29, 0.717) is 12.1 Å². The summed E-state index contributed by atoms with van der Waals surface area (Å²) < 4.78 is 0. The van der Waals surface area contributed by atoms with E-state index in [0.717, 1.165) is 45.8 Å². The smallest absolute Gasteiger partial charge is 0.251 e. The Balaban J connectivity index is 1.48. The highest BCUT2D eigenvalue weighted by Gasteiger charge is 2.11. The van der Waals surface area contributed by atoms with Crippen LogP contribution in [0.4, 0.5) is 5.82 Å². The van der Waals surface area contributed by atoms with E-state index in [4.69, 9.17) is 0 Å². The predicted molar refractivity (Wildman–Crippen MR) is 124 cm³/mol. The Hall–Kier alpha value is -3.94. The quantitative estimate of drug-likeness (QED) is 0.464. The Morgan fingerprint density at radius 3 is 2.59 bits per heavy atom. The largest absolute Gasteiger partial charge is 0.370 e. The van der Waals surface area contributed by atoms with E-state index in [9.17, 15) is 4.79 Å². The van der Waals surface area contributed by atoms with E-state index in [1.807, 2.05) is 24.3 Å². The summed E-state index contributed by atoms with van der Waals surface area (Å²) in [5.74, 6) is 1.70. The van der Waals surface area contributed by atoms with Gasteiger partial charge in [-0.3, -0.25) is 9.78 Å². The molecule has 2 N–H and O–H groups in total. The number of carbonyl (C=O) groups is 1. The van der Waals surface area contributed by atoms with Gasteiger partial charge in [0.1, 0.15) is 18.0 Å². The summed E-state index contributed by atoms with van der Waals surface area (Å²) in [6, 6.07) is 9.54. The number of aromatic nitrogens is 5. The van der Waals surface area contributed by atoms with Crippen LogP contribution in [0.15, 0.2) is 55.2 Å². The van der Waals surface area contributed by atoms with Crippen LogP contribution in [-0.4, -0.2) is 44.4 Å². The van der Waals surface area contributed by atoms with Crippen molar-refractivity contribution in [2.75, 3.05) is 18.9 Å². The zero-order chi connectivity index (χ0) is 22.5. The van der Waals surface area contributed by atoms with Crippen molar-refractivity contribution in [3.8, 4) is 11.3 Å². The number of hydrogen-bond donors (Lipinski definition) is 2. The van der Waals surface area contributed by atoms with Gasteiger partial charge < -0.3 is 10.6 Å². The van der Waals surface area contributed by atoms with Gasteiger partial charge in [-0.05, 0) is 18.1 Å². The molecule has 3 heterocycles. The molecule has 0 saturated carbocycles. The highest BCUT2D eigenvalue weighted by atomic mass is 16.1. The van der Waals surface area contributed by atoms with Gasteiger partial charge in [0.15, 0.2) is 0 Å². The van der Waals surface area contributed by atoms with E-state index in [1.54, 1.807) is 31.7 Å². The van der Waals surface area contributed by atoms with Crippen LogP contribution in [0.5, 0.6) is 0 Å². The summed E-state index contributed by atoms with van der Waals surface area (Å²) in [7, 11) is 1.63. The van der Waals surface area contributed by atoms with Crippen molar-refractivity contribution < 1.29 is 4.79 Å². The number of hydrogen-bond acceptors (Lipinski definition) is 7. The van der Waals surface area contributed by atoms with Crippen molar-refractivity contribution in [3.63, 3.8) is 0 Å². The standard InChI is InChI=1S/C24H25N7O/c1-15(2)23-28-12-17(13-29-23)20-11-21(31-14-30-20)26-9-7-16-5-4-6-18-19(24(32)25-3)8-10-27-22(16)18/h4-6,8,10-15H,7,9H2,1-3H3,(H,25,32)(H,26,30,31). The first-order chi connectivity index (χ1) is 15.6. The molecule has 0 atom stereocenters. The number of pyridine rings is 1. The van der Waals surface area contributed by atoms with Gasteiger partial charge >= 0.3 is 0 Å². The Morgan fingerprint density at radius 1 is 1.03 bits per heavy atom. The molecule has 0 aliphatic rings. The number of carbonyl (C=O) groups excluding carboxylic acids is 1. The fourth-order valence-corrected chi connectivity index (χ4v) is 3.48. The first kappa shape index (κ1) is 21.3. The molecule has 1 amide bonds. The third-order valence-corrected chi connectivity index (χ3v) is 5.18. The average Bonchev–Trinajstić information content (AvgIpc) is 2.83. The summed E-state index contributed by atoms with van der Waals surface area (Å²) in [5.41, 5.74) is 4.13. The molecule has 0 saturated heterocycles. The van der Waals surface area contributed by atoms with Crippen LogP contribution in [0.3, 0.4) is 0 Å². The molecule has 0 aliphatic carbocycles. The van der Waals surface area contributed by atoms with Crippen molar-refractivity contribution in [1.82, 2.24) is 30.2 Å². The zero-order valence-corrected chi connectivity index (χ0v) is 18.3. The molecular weight excluding hydrogens is 402 g/mol. The lowest BCUT2D eigenvalue weighted by Gasteiger charge is -2.10. The number of nitrogens with one attached hydrogen (secondary N) is 2. The molecule has 0 bridgehead atoms. The lowest BCUT2D eigenvalue weighted by Crippen LogP contribution is -2.18. The Labute approximate surface area is 186 Å². The van der Waals surface area contributed by atoms with Crippen LogP contribution in [-0.2, 0) is 6.42 Å². The van der Waals surface area contributed by atoms with Gasteiger partial charge in [-0.25, -0.2) is 19.9 Å². The number of benzene rings is 1. The Morgan fingerprint density at radius 2 is 1.84 bits per heavy atom. The van der Waals surface area contributed by atoms with Crippen LogP contribution in [0.2, 0.25) is 0 Å². The maximum absolute atomic E-state index is 12.2. The minimum atomic E-state index is -0.119. The van der Waals surface area contributed by atoms with Gasteiger partial charge in [0, 0.05) is 55.1 Å². The van der Waals surface area contributed by atoms with Crippen LogP contribution >= 0.6 is 0 Å². The van der Waals surface area contributed by atoms with Crippen molar-refractivity contribution in [2.45, 2.75) is 26.2 Å². The summed E-state index contributed by atoms with van der Waals surface area (Å²) >= 11 is 0. The Kier molecular flexibility index (Phi) is 6.30. The second kappa shape index (κ2) is 9.47. The lowest BCUT2D eigenvalue weighted by molar-refractivity contribution is 0.0964. The maximum atomic E-state index is 12.2. The second-order valence-electron chi connectivity index (χ2n) is 7.70. The summed E-state index contributed by atoms with van der Waals surface area (Å²) in [4.78, 5) is 34.2. The monoisotopic (exact) mass is 427 g/mol. The fourth-order valence-electron chi connectivity index (χ4n) is 3.48. The average molecular weight is 428 g/mol. The number of fused-ring (bicyclic) bond motifs is 1. The summed E-state index contributed by atoms with van der Waals surface area (Å²) in [6.07, 6.45) is 7.52. The van der Waals surface area contributed by atoms with Gasteiger partial charge in [-0.15, -0.1) is 0 Å². The van der Waals surface area contributed by atoms with Gasteiger partial charge in [0.05, 0.1) is 16.8 Å².